The number of hydrogen-bond donors (Lipinski definition) is 0. The molecule has 124 valence electrons. The number of sulfonamides is 1. The van der Waals surface area contributed by atoms with Gasteiger partial charge in [-0.3, -0.25) is 0 Å². The molecule has 3 rings (SSSR count). The van der Waals surface area contributed by atoms with Crippen molar-refractivity contribution in [1.82, 2.24) is 4.31 Å². The maximum atomic E-state index is 12.7. The number of rotatable bonds is 5. The first-order valence-electron chi connectivity index (χ1n) is 7.87. The molecule has 1 aromatic heterocycles. The third-order valence-electron chi connectivity index (χ3n) is 4.17. The van der Waals surface area contributed by atoms with Crippen molar-refractivity contribution in [2.24, 2.45) is 0 Å². The molecule has 1 aliphatic rings. The molecule has 1 aliphatic heterocycles. The van der Waals surface area contributed by atoms with Crippen molar-refractivity contribution < 1.29 is 13.2 Å². The Morgan fingerprint density at radius 1 is 1.17 bits per heavy atom. The molecule has 1 saturated heterocycles. The molecule has 0 saturated carbocycles. The van der Waals surface area contributed by atoms with Crippen LogP contribution in [-0.4, -0.2) is 32.4 Å². The topological polar surface area (TPSA) is 46.6 Å². The van der Waals surface area contributed by atoms with Crippen LogP contribution in [0.5, 0.6) is 5.75 Å². The van der Waals surface area contributed by atoms with E-state index in [0.717, 1.165) is 12.8 Å². The molecule has 0 atom stereocenters. The summed E-state index contributed by atoms with van der Waals surface area (Å²) in [5, 5.41) is 2.08. The Hall–Kier alpha value is -1.37. The molecular weight excluding hydrogens is 330 g/mol. The van der Waals surface area contributed by atoms with Crippen LogP contribution < -0.4 is 4.74 Å². The predicted octanol–water partition coefficient (Wildman–Crippen LogP) is 3.72. The molecule has 2 heterocycles. The van der Waals surface area contributed by atoms with E-state index in [0.29, 0.717) is 36.3 Å². The molecule has 1 fully saturated rings. The van der Waals surface area contributed by atoms with E-state index in [9.17, 15) is 8.42 Å². The van der Waals surface area contributed by atoms with Crippen molar-refractivity contribution in [3.63, 3.8) is 0 Å². The van der Waals surface area contributed by atoms with Gasteiger partial charge < -0.3 is 4.74 Å². The first kappa shape index (κ1) is 16.5. The summed E-state index contributed by atoms with van der Waals surface area (Å²) < 4.78 is 32.4. The molecule has 0 aliphatic carbocycles. The van der Waals surface area contributed by atoms with Gasteiger partial charge in [-0.25, -0.2) is 8.42 Å². The standard InChI is InChI=1S/C17H21NO3S2/c1-2-21-15-5-7-16(8-6-15)23(19,20)18-11-9-14(10-12-18)17-4-3-13-22-17/h3-8,13-14H,2,9-12H2,1H3. The van der Waals surface area contributed by atoms with Crippen molar-refractivity contribution >= 4 is 21.4 Å². The summed E-state index contributed by atoms with van der Waals surface area (Å²) in [5.74, 6) is 1.18. The number of ether oxygens (including phenoxy) is 1. The zero-order chi connectivity index (χ0) is 16.3. The summed E-state index contributed by atoms with van der Waals surface area (Å²) in [6.45, 7) is 3.64. The zero-order valence-corrected chi connectivity index (χ0v) is 14.8. The molecule has 6 heteroatoms. The van der Waals surface area contributed by atoms with E-state index >= 15 is 0 Å². The van der Waals surface area contributed by atoms with E-state index in [1.165, 1.54) is 4.88 Å². The molecule has 0 unspecified atom stereocenters. The fourth-order valence-electron chi connectivity index (χ4n) is 2.93. The van der Waals surface area contributed by atoms with Crippen LogP contribution in [0.3, 0.4) is 0 Å². The lowest BCUT2D eigenvalue weighted by Crippen LogP contribution is -2.37. The van der Waals surface area contributed by atoms with Gasteiger partial charge in [0, 0.05) is 18.0 Å². The fourth-order valence-corrected chi connectivity index (χ4v) is 5.30. The van der Waals surface area contributed by atoms with Gasteiger partial charge in [-0.1, -0.05) is 6.07 Å². The molecule has 4 nitrogen and oxygen atoms in total. The minimum absolute atomic E-state index is 0.343. The van der Waals surface area contributed by atoms with Crippen LogP contribution in [-0.2, 0) is 10.0 Å². The van der Waals surface area contributed by atoms with Gasteiger partial charge in [-0.15, -0.1) is 11.3 Å². The van der Waals surface area contributed by atoms with Gasteiger partial charge in [0.15, 0.2) is 0 Å². The van der Waals surface area contributed by atoms with Crippen molar-refractivity contribution in [2.45, 2.75) is 30.6 Å². The predicted molar refractivity (Wildman–Crippen MR) is 92.7 cm³/mol. The normalized spacial score (nSPS) is 17.3. The largest absolute Gasteiger partial charge is 0.494 e. The van der Waals surface area contributed by atoms with E-state index in [2.05, 4.69) is 17.5 Å². The number of nitrogens with zero attached hydrogens (tertiary/aromatic N) is 1. The summed E-state index contributed by atoms with van der Waals surface area (Å²) >= 11 is 1.76. The molecular formula is C17H21NO3S2. The lowest BCUT2D eigenvalue weighted by Gasteiger charge is -2.30. The van der Waals surface area contributed by atoms with Crippen LogP contribution >= 0.6 is 11.3 Å². The first-order chi connectivity index (χ1) is 11.1. The van der Waals surface area contributed by atoms with E-state index < -0.39 is 10.0 Å². The smallest absolute Gasteiger partial charge is 0.243 e. The number of thiophene rings is 1. The lowest BCUT2D eigenvalue weighted by molar-refractivity contribution is 0.321. The van der Waals surface area contributed by atoms with Gasteiger partial charge in [0.1, 0.15) is 5.75 Å². The van der Waals surface area contributed by atoms with E-state index in [1.54, 1.807) is 39.9 Å². The second-order valence-electron chi connectivity index (χ2n) is 5.60. The SMILES string of the molecule is CCOc1ccc(S(=O)(=O)N2CCC(c3cccs3)CC2)cc1. The zero-order valence-electron chi connectivity index (χ0n) is 13.1. The van der Waals surface area contributed by atoms with Crippen LogP contribution in [0.1, 0.15) is 30.6 Å². The first-order valence-corrected chi connectivity index (χ1v) is 10.2. The number of piperidine rings is 1. The average Bonchev–Trinajstić information content (AvgIpc) is 3.10. The highest BCUT2D eigenvalue weighted by atomic mass is 32.2. The Labute approximate surface area is 141 Å². The minimum atomic E-state index is -3.40. The van der Waals surface area contributed by atoms with Crippen LogP contribution in [0.15, 0.2) is 46.7 Å². The molecule has 0 bridgehead atoms. The van der Waals surface area contributed by atoms with Gasteiger partial charge in [-0.05, 0) is 61.4 Å². The van der Waals surface area contributed by atoms with E-state index in [1.807, 2.05) is 6.92 Å². The second-order valence-corrected chi connectivity index (χ2v) is 8.52. The van der Waals surface area contributed by atoms with Crippen molar-refractivity contribution in [3.8, 4) is 5.75 Å². The van der Waals surface area contributed by atoms with E-state index in [4.69, 9.17) is 4.74 Å². The molecule has 1 aromatic carbocycles. The summed E-state index contributed by atoms with van der Waals surface area (Å²) in [6.07, 6.45) is 1.77. The molecule has 0 spiro atoms. The third-order valence-corrected chi connectivity index (χ3v) is 7.12. The number of benzene rings is 1. The van der Waals surface area contributed by atoms with Crippen LogP contribution in [0.25, 0.3) is 0 Å². The fraction of sp³-hybridized carbons (Fsp3) is 0.412. The maximum absolute atomic E-state index is 12.7. The van der Waals surface area contributed by atoms with Gasteiger partial charge in [-0.2, -0.15) is 4.31 Å². The molecule has 2 aromatic rings. The lowest BCUT2D eigenvalue weighted by atomic mass is 9.97. The Kier molecular flexibility index (Phi) is 5.04. The quantitative estimate of drug-likeness (QED) is 0.825. The van der Waals surface area contributed by atoms with Crippen molar-refractivity contribution in [1.29, 1.82) is 0 Å². The molecule has 0 N–H and O–H groups in total. The summed E-state index contributed by atoms with van der Waals surface area (Å²) in [6, 6.07) is 10.9. The van der Waals surface area contributed by atoms with Crippen LogP contribution in [0.4, 0.5) is 0 Å². The number of hydrogen-bond acceptors (Lipinski definition) is 4. The Balaban J connectivity index is 1.68. The van der Waals surface area contributed by atoms with Crippen molar-refractivity contribution in [3.05, 3.63) is 46.7 Å². The van der Waals surface area contributed by atoms with Gasteiger partial charge in [0.25, 0.3) is 0 Å². The average molecular weight is 351 g/mol. The molecule has 0 radical (unpaired) electrons. The Morgan fingerprint density at radius 3 is 2.43 bits per heavy atom. The van der Waals surface area contributed by atoms with Crippen molar-refractivity contribution in [2.75, 3.05) is 19.7 Å². The van der Waals surface area contributed by atoms with Gasteiger partial charge in [0.2, 0.25) is 10.0 Å². The van der Waals surface area contributed by atoms with Gasteiger partial charge >= 0.3 is 0 Å². The highest BCUT2D eigenvalue weighted by Crippen LogP contribution is 2.33. The van der Waals surface area contributed by atoms with Crippen LogP contribution in [0.2, 0.25) is 0 Å². The second kappa shape index (κ2) is 7.03. The highest BCUT2D eigenvalue weighted by Gasteiger charge is 2.30. The molecule has 0 amide bonds. The minimum Gasteiger partial charge on any atom is -0.494 e. The van der Waals surface area contributed by atoms with Gasteiger partial charge in [0.05, 0.1) is 11.5 Å². The van der Waals surface area contributed by atoms with E-state index in [-0.39, 0.29) is 0 Å². The summed E-state index contributed by atoms with van der Waals surface area (Å²) in [7, 11) is -3.40. The summed E-state index contributed by atoms with van der Waals surface area (Å²) in [5.41, 5.74) is 0. The van der Waals surface area contributed by atoms with Crippen LogP contribution in [0, 0.1) is 0 Å². The molecule has 23 heavy (non-hydrogen) atoms. The highest BCUT2D eigenvalue weighted by molar-refractivity contribution is 7.89. The Bertz CT molecular complexity index is 716. The Morgan fingerprint density at radius 2 is 1.87 bits per heavy atom. The maximum Gasteiger partial charge on any atom is 0.243 e. The third kappa shape index (κ3) is 3.59. The summed E-state index contributed by atoms with van der Waals surface area (Å²) in [4.78, 5) is 1.71. The monoisotopic (exact) mass is 351 g/mol.